The van der Waals surface area contributed by atoms with Crippen LogP contribution in [-0.2, 0) is 6.61 Å². The van der Waals surface area contributed by atoms with Gasteiger partial charge < -0.3 is 9.84 Å². The van der Waals surface area contributed by atoms with E-state index in [2.05, 4.69) is 25.9 Å². The second kappa shape index (κ2) is 6.12. The quantitative estimate of drug-likeness (QED) is 0.922. The summed E-state index contributed by atoms with van der Waals surface area (Å²) in [6, 6.07) is 6.98. The number of carboxylic acid groups (broad SMARTS) is 1. The number of rotatable bonds is 4. The summed E-state index contributed by atoms with van der Waals surface area (Å²) < 4.78 is 6.22. The number of hydrogen-bond donors (Lipinski definition) is 1. The molecule has 100 valence electrons. The van der Waals surface area contributed by atoms with Gasteiger partial charge in [-0.15, -0.1) is 0 Å². The topological polar surface area (TPSA) is 96.1 Å². The Labute approximate surface area is 122 Å². The third-order valence-electron chi connectivity index (χ3n) is 2.45. The SMILES string of the molecule is N#Cc1cc(Br)ccc1OCc1ncncc1C(=O)O. The Kier molecular flexibility index (Phi) is 4.27. The maximum atomic E-state index is 11.0. The van der Waals surface area contributed by atoms with Crippen LogP contribution in [-0.4, -0.2) is 21.0 Å². The van der Waals surface area contributed by atoms with Crippen LogP contribution in [0.4, 0.5) is 0 Å². The fourth-order valence-corrected chi connectivity index (χ4v) is 1.87. The van der Waals surface area contributed by atoms with Crippen LogP contribution >= 0.6 is 15.9 Å². The molecular weight excluding hydrogens is 326 g/mol. The third-order valence-corrected chi connectivity index (χ3v) is 2.94. The molecule has 0 atom stereocenters. The van der Waals surface area contributed by atoms with E-state index in [-0.39, 0.29) is 17.9 Å². The van der Waals surface area contributed by atoms with Gasteiger partial charge in [0.15, 0.2) is 0 Å². The Morgan fingerprint density at radius 3 is 3.00 bits per heavy atom. The number of benzene rings is 1. The van der Waals surface area contributed by atoms with E-state index in [0.29, 0.717) is 11.3 Å². The van der Waals surface area contributed by atoms with Crippen LogP contribution in [0.1, 0.15) is 21.6 Å². The highest BCUT2D eigenvalue weighted by molar-refractivity contribution is 9.10. The summed E-state index contributed by atoms with van der Waals surface area (Å²) in [5.41, 5.74) is 0.577. The number of carbonyl (C=O) groups is 1. The molecule has 0 amide bonds. The van der Waals surface area contributed by atoms with Gasteiger partial charge in [0.1, 0.15) is 30.3 Å². The average Bonchev–Trinajstić information content (AvgIpc) is 2.46. The van der Waals surface area contributed by atoms with Crippen LogP contribution in [0.3, 0.4) is 0 Å². The molecule has 20 heavy (non-hydrogen) atoms. The van der Waals surface area contributed by atoms with E-state index >= 15 is 0 Å². The Balaban J connectivity index is 2.22. The van der Waals surface area contributed by atoms with E-state index in [1.165, 1.54) is 12.5 Å². The van der Waals surface area contributed by atoms with E-state index < -0.39 is 5.97 Å². The van der Waals surface area contributed by atoms with Gasteiger partial charge in [-0.2, -0.15) is 5.26 Å². The molecule has 2 aromatic rings. The van der Waals surface area contributed by atoms with Gasteiger partial charge in [-0.3, -0.25) is 0 Å². The summed E-state index contributed by atoms with van der Waals surface area (Å²) in [4.78, 5) is 18.5. The summed E-state index contributed by atoms with van der Waals surface area (Å²) in [7, 11) is 0. The van der Waals surface area contributed by atoms with Crippen molar-refractivity contribution in [2.75, 3.05) is 0 Å². The first kappa shape index (κ1) is 14.0. The van der Waals surface area contributed by atoms with Crippen molar-refractivity contribution in [2.24, 2.45) is 0 Å². The van der Waals surface area contributed by atoms with Gasteiger partial charge in [0.05, 0.1) is 11.3 Å². The number of halogens is 1. The zero-order valence-corrected chi connectivity index (χ0v) is 11.7. The molecule has 0 aliphatic heterocycles. The summed E-state index contributed by atoms with van der Waals surface area (Å²) in [5.74, 6) is -0.758. The van der Waals surface area contributed by atoms with E-state index in [1.807, 2.05) is 6.07 Å². The van der Waals surface area contributed by atoms with Gasteiger partial charge in [-0.25, -0.2) is 14.8 Å². The molecule has 7 heteroatoms. The first-order valence-electron chi connectivity index (χ1n) is 5.46. The molecule has 1 aromatic carbocycles. The molecule has 0 bridgehead atoms. The summed E-state index contributed by atoms with van der Waals surface area (Å²) in [6.07, 6.45) is 2.46. The molecule has 0 radical (unpaired) electrons. The van der Waals surface area contributed by atoms with E-state index in [1.54, 1.807) is 18.2 Å². The molecule has 0 unspecified atom stereocenters. The molecule has 0 saturated carbocycles. The molecule has 0 fully saturated rings. The zero-order chi connectivity index (χ0) is 14.5. The number of nitrogens with zero attached hydrogens (tertiary/aromatic N) is 3. The van der Waals surface area contributed by atoms with Crippen molar-refractivity contribution in [3.8, 4) is 11.8 Å². The standard InChI is InChI=1S/C13H8BrN3O3/c14-9-1-2-12(8(3-9)4-15)20-6-11-10(13(18)19)5-16-7-17-11/h1-3,5,7H,6H2,(H,18,19). The lowest BCUT2D eigenvalue weighted by Crippen LogP contribution is -2.09. The number of ether oxygens (including phenoxy) is 1. The van der Waals surface area contributed by atoms with Gasteiger partial charge >= 0.3 is 5.97 Å². The van der Waals surface area contributed by atoms with Gasteiger partial charge in [-0.1, -0.05) is 15.9 Å². The van der Waals surface area contributed by atoms with E-state index in [0.717, 1.165) is 4.47 Å². The fraction of sp³-hybridized carbons (Fsp3) is 0.0769. The highest BCUT2D eigenvalue weighted by Gasteiger charge is 2.13. The molecule has 1 N–H and O–H groups in total. The first-order chi connectivity index (χ1) is 9.61. The largest absolute Gasteiger partial charge is 0.486 e. The number of aromatic carboxylic acids is 1. The fourth-order valence-electron chi connectivity index (χ4n) is 1.51. The predicted octanol–water partition coefficient (Wildman–Crippen LogP) is 2.39. The molecule has 0 aliphatic rings. The summed E-state index contributed by atoms with van der Waals surface area (Å²) in [5, 5.41) is 18.0. The monoisotopic (exact) mass is 333 g/mol. The minimum absolute atomic E-state index is 0.0249. The van der Waals surface area contributed by atoms with Crippen LogP contribution in [0.15, 0.2) is 35.2 Å². The first-order valence-corrected chi connectivity index (χ1v) is 6.25. The Bertz CT molecular complexity index is 698. The molecule has 0 saturated heterocycles. The van der Waals surface area contributed by atoms with Crippen molar-refractivity contribution < 1.29 is 14.6 Å². The lowest BCUT2D eigenvalue weighted by Gasteiger charge is -2.09. The van der Waals surface area contributed by atoms with Gasteiger partial charge in [-0.05, 0) is 18.2 Å². The molecule has 1 aromatic heterocycles. The summed E-state index contributed by atoms with van der Waals surface area (Å²) >= 11 is 3.26. The maximum absolute atomic E-state index is 11.0. The summed E-state index contributed by atoms with van der Waals surface area (Å²) in [6.45, 7) is -0.0551. The van der Waals surface area contributed by atoms with Gasteiger partial charge in [0.2, 0.25) is 0 Å². The van der Waals surface area contributed by atoms with Crippen molar-refractivity contribution in [3.63, 3.8) is 0 Å². The third kappa shape index (κ3) is 3.10. The second-order valence-electron chi connectivity index (χ2n) is 3.73. The van der Waals surface area contributed by atoms with Crippen molar-refractivity contribution >= 4 is 21.9 Å². The molecule has 2 rings (SSSR count). The predicted molar refractivity (Wildman–Crippen MR) is 72.2 cm³/mol. The van der Waals surface area contributed by atoms with E-state index in [9.17, 15) is 4.79 Å². The minimum Gasteiger partial charge on any atom is -0.486 e. The smallest absolute Gasteiger partial charge is 0.339 e. The second-order valence-corrected chi connectivity index (χ2v) is 4.64. The number of hydrogen-bond acceptors (Lipinski definition) is 5. The van der Waals surface area contributed by atoms with Crippen LogP contribution in [0.2, 0.25) is 0 Å². The average molecular weight is 334 g/mol. The van der Waals surface area contributed by atoms with E-state index in [4.69, 9.17) is 15.1 Å². The molecule has 0 spiro atoms. The van der Waals surface area contributed by atoms with Crippen LogP contribution < -0.4 is 4.74 Å². The van der Waals surface area contributed by atoms with Crippen molar-refractivity contribution in [1.29, 1.82) is 5.26 Å². The molecule has 0 aliphatic carbocycles. The van der Waals surface area contributed by atoms with Crippen LogP contribution in [0.25, 0.3) is 0 Å². The molecule has 1 heterocycles. The number of aromatic nitrogens is 2. The number of nitriles is 1. The number of carboxylic acids is 1. The van der Waals surface area contributed by atoms with Crippen molar-refractivity contribution in [2.45, 2.75) is 6.61 Å². The molecular formula is C13H8BrN3O3. The zero-order valence-electron chi connectivity index (χ0n) is 10.1. The Hall–Kier alpha value is -2.46. The lowest BCUT2D eigenvalue weighted by atomic mass is 10.2. The normalized spacial score (nSPS) is 9.80. The minimum atomic E-state index is -1.12. The highest BCUT2D eigenvalue weighted by Crippen LogP contribution is 2.23. The van der Waals surface area contributed by atoms with Crippen molar-refractivity contribution in [1.82, 2.24) is 9.97 Å². The molecule has 6 nitrogen and oxygen atoms in total. The van der Waals surface area contributed by atoms with Crippen molar-refractivity contribution in [3.05, 3.63) is 52.0 Å². The van der Waals surface area contributed by atoms with Gasteiger partial charge in [0, 0.05) is 10.7 Å². The van der Waals surface area contributed by atoms with Gasteiger partial charge in [0.25, 0.3) is 0 Å². The maximum Gasteiger partial charge on any atom is 0.339 e. The van der Waals surface area contributed by atoms with Crippen LogP contribution in [0.5, 0.6) is 5.75 Å². The highest BCUT2D eigenvalue weighted by atomic mass is 79.9. The Morgan fingerprint density at radius 1 is 1.50 bits per heavy atom. The Morgan fingerprint density at radius 2 is 2.30 bits per heavy atom. The van der Waals surface area contributed by atoms with Crippen LogP contribution in [0, 0.1) is 11.3 Å². The lowest BCUT2D eigenvalue weighted by molar-refractivity contribution is 0.0692.